The third kappa shape index (κ3) is 12.2. The summed E-state index contributed by atoms with van der Waals surface area (Å²) in [6, 6.07) is 0. The van der Waals surface area contributed by atoms with Crippen molar-refractivity contribution >= 4 is 12.0 Å². The summed E-state index contributed by atoms with van der Waals surface area (Å²) >= 11 is 0. The van der Waals surface area contributed by atoms with Gasteiger partial charge in [-0.15, -0.1) is 0 Å². The van der Waals surface area contributed by atoms with Gasteiger partial charge in [0.05, 0.1) is 0 Å². The third-order valence-electron chi connectivity index (χ3n) is 3.03. The summed E-state index contributed by atoms with van der Waals surface area (Å²) in [5.41, 5.74) is 4.60. The fraction of sp³-hybridized carbons (Fsp3) is 0.867. The zero-order chi connectivity index (χ0) is 16.5. The SMILES string of the molecule is CC(C)C(CNCCCC(N)=O)CNC(=O)OC(C)(C)C. The Labute approximate surface area is 128 Å². The van der Waals surface area contributed by atoms with Gasteiger partial charge < -0.3 is 21.1 Å². The molecule has 0 fully saturated rings. The number of ether oxygens (including phenoxy) is 1. The van der Waals surface area contributed by atoms with E-state index in [-0.39, 0.29) is 12.0 Å². The first kappa shape index (κ1) is 19.7. The van der Waals surface area contributed by atoms with Gasteiger partial charge >= 0.3 is 6.09 Å². The van der Waals surface area contributed by atoms with Crippen molar-refractivity contribution in [3.8, 4) is 0 Å². The van der Waals surface area contributed by atoms with Crippen molar-refractivity contribution in [3.05, 3.63) is 0 Å². The van der Waals surface area contributed by atoms with E-state index in [4.69, 9.17) is 10.5 Å². The lowest BCUT2D eigenvalue weighted by atomic mass is 9.96. The van der Waals surface area contributed by atoms with E-state index in [0.29, 0.717) is 24.8 Å². The Hall–Kier alpha value is -1.30. The van der Waals surface area contributed by atoms with Crippen molar-refractivity contribution in [1.82, 2.24) is 10.6 Å². The van der Waals surface area contributed by atoms with Crippen LogP contribution in [0.2, 0.25) is 0 Å². The van der Waals surface area contributed by atoms with Gasteiger partial charge in [-0.25, -0.2) is 4.79 Å². The van der Waals surface area contributed by atoms with Crippen molar-refractivity contribution < 1.29 is 14.3 Å². The molecule has 124 valence electrons. The first-order valence-electron chi connectivity index (χ1n) is 7.57. The lowest BCUT2D eigenvalue weighted by molar-refractivity contribution is -0.118. The van der Waals surface area contributed by atoms with Gasteiger partial charge in [0.1, 0.15) is 5.60 Å². The lowest BCUT2D eigenvalue weighted by Gasteiger charge is -2.24. The van der Waals surface area contributed by atoms with E-state index in [9.17, 15) is 9.59 Å². The van der Waals surface area contributed by atoms with Crippen molar-refractivity contribution in [2.75, 3.05) is 19.6 Å². The maximum absolute atomic E-state index is 11.6. The number of rotatable bonds is 9. The minimum absolute atomic E-state index is 0.274. The second-order valence-electron chi connectivity index (χ2n) is 6.66. The molecule has 0 saturated carbocycles. The number of hydrogen-bond acceptors (Lipinski definition) is 4. The van der Waals surface area contributed by atoms with Gasteiger partial charge in [-0.3, -0.25) is 4.79 Å². The second-order valence-corrected chi connectivity index (χ2v) is 6.66. The standard InChI is InChI=1S/C15H31N3O3/c1-11(2)12(9-17-8-6-7-13(16)19)10-18-14(20)21-15(3,4)5/h11-12,17H,6-10H2,1-5H3,(H2,16,19)(H,18,20). The van der Waals surface area contributed by atoms with E-state index < -0.39 is 5.60 Å². The molecule has 0 bridgehead atoms. The van der Waals surface area contributed by atoms with E-state index >= 15 is 0 Å². The first-order valence-corrected chi connectivity index (χ1v) is 7.57. The Morgan fingerprint density at radius 3 is 2.29 bits per heavy atom. The predicted octanol–water partition coefficient (Wildman–Crippen LogP) is 1.64. The van der Waals surface area contributed by atoms with Crippen LogP contribution in [0.15, 0.2) is 0 Å². The fourth-order valence-corrected chi connectivity index (χ4v) is 1.75. The summed E-state index contributed by atoms with van der Waals surface area (Å²) in [6.07, 6.45) is 0.747. The number of carbonyl (C=O) groups excluding carboxylic acids is 2. The molecule has 0 aliphatic rings. The largest absolute Gasteiger partial charge is 0.444 e. The zero-order valence-electron chi connectivity index (χ0n) is 14.0. The topological polar surface area (TPSA) is 93.5 Å². The quantitative estimate of drug-likeness (QED) is 0.564. The van der Waals surface area contributed by atoms with Crippen LogP contribution in [0, 0.1) is 11.8 Å². The number of alkyl carbamates (subject to hydrolysis) is 1. The van der Waals surface area contributed by atoms with Crippen molar-refractivity contribution in [2.24, 2.45) is 17.6 Å². The van der Waals surface area contributed by atoms with Crippen LogP contribution in [-0.2, 0) is 9.53 Å². The molecule has 21 heavy (non-hydrogen) atoms. The van der Waals surface area contributed by atoms with Crippen LogP contribution in [0.5, 0.6) is 0 Å². The molecule has 0 saturated heterocycles. The summed E-state index contributed by atoms with van der Waals surface area (Å²) in [6.45, 7) is 11.9. The van der Waals surface area contributed by atoms with Gasteiger partial charge in [-0.1, -0.05) is 13.8 Å². The minimum atomic E-state index is -0.482. The average molecular weight is 301 g/mol. The molecule has 0 heterocycles. The van der Waals surface area contributed by atoms with E-state index in [2.05, 4.69) is 24.5 Å². The molecule has 6 heteroatoms. The van der Waals surface area contributed by atoms with Gasteiger partial charge in [0.15, 0.2) is 0 Å². The molecule has 4 N–H and O–H groups in total. The van der Waals surface area contributed by atoms with Crippen LogP contribution in [0.3, 0.4) is 0 Å². The van der Waals surface area contributed by atoms with Crippen LogP contribution in [0.4, 0.5) is 4.79 Å². The molecule has 0 radical (unpaired) electrons. The molecule has 2 amide bonds. The minimum Gasteiger partial charge on any atom is -0.444 e. The van der Waals surface area contributed by atoms with Gasteiger partial charge in [0.25, 0.3) is 0 Å². The van der Waals surface area contributed by atoms with Crippen LogP contribution >= 0.6 is 0 Å². The van der Waals surface area contributed by atoms with Gasteiger partial charge in [-0.05, 0) is 52.1 Å². The van der Waals surface area contributed by atoms with E-state index in [1.165, 1.54) is 0 Å². The summed E-state index contributed by atoms with van der Waals surface area (Å²) < 4.78 is 5.22. The molecule has 0 aromatic rings. The average Bonchev–Trinajstić information content (AvgIpc) is 2.29. The maximum atomic E-state index is 11.6. The molecule has 1 unspecified atom stereocenters. The second kappa shape index (κ2) is 9.60. The highest BCUT2D eigenvalue weighted by Gasteiger charge is 2.18. The lowest BCUT2D eigenvalue weighted by Crippen LogP contribution is -2.39. The highest BCUT2D eigenvalue weighted by molar-refractivity contribution is 5.73. The van der Waals surface area contributed by atoms with E-state index in [1.54, 1.807) is 0 Å². The number of hydrogen-bond donors (Lipinski definition) is 3. The highest BCUT2D eigenvalue weighted by Crippen LogP contribution is 2.10. The van der Waals surface area contributed by atoms with Crippen molar-refractivity contribution in [1.29, 1.82) is 0 Å². The molecular formula is C15H31N3O3. The number of nitrogens with one attached hydrogen (secondary N) is 2. The molecule has 0 aromatic carbocycles. The van der Waals surface area contributed by atoms with Gasteiger partial charge in [0, 0.05) is 13.0 Å². The van der Waals surface area contributed by atoms with Crippen molar-refractivity contribution in [2.45, 2.75) is 53.1 Å². The summed E-state index contributed by atoms with van der Waals surface area (Å²) in [4.78, 5) is 22.3. The zero-order valence-corrected chi connectivity index (χ0v) is 14.0. The highest BCUT2D eigenvalue weighted by atomic mass is 16.6. The molecule has 6 nitrogen and oxygen atoms in total. The van der Waals surface area contributed by atoms with Crippen molar-refractivity contribution in [3.63, 3.8) is 0 Å². The number of primary amides is 1. The molecular weight excluding hydrogens is 270 g/mol. The Morgan fingerprint density at radius 1 is 1.19 bits per heavy atom. The Kier molecular flexibility index (Phi) is 9.01. The van der Waals surface area contributed by atoms with Gasteiger partial charge in [-0.2, -0.15) is 0 Å². The Morgan fingerprint density at radius 2 is 1.81 bits per heavy atom. The van der Waals surface area contributed by atoms with Crippen LogP contribution in [0.1, 0.15) is 47.5 Å². The first-order chi connectivity index (χ1) is 9.61. The number of carbonyl (C=O) groups is 2. The van der Waals surface area contributed by atoms with E-state index in [0.717, 1.165) is 19.5 Å². The molecule has 1 atom stereocenters. The molecule has 0 aromatic heterocycles. The molecule has 0 spiro atoms. The van der Waals surface area contributed by atoms with Crippen LogP contribution in [-0.4, -0.2) is 37.2 Å². The molecule has 0 aliphatic heterocycles. The number of amides is 2. The summed E-state index contributed by atoms with van der Waals surface area (Å²) in [5, 5.41) is 6.10. The third-order valence-corrected chi connectivity index (χ3v) is 3.03. The Bertz CT molecular complexity index is 325. The normalized spacial score (nSPS) is 13.0. The van der Waals surface area contributed by atoms with E-state index in [1.807, 2.05) is 20.8 Å². The predicted molar refractivity (Wildman–Crippen MR) is 83.9 cm³/mol. The smallest absolute Gasteiger partial charge is 0.407 e. The summed E-state index contributed by atoms with van der Waals surface area (Å²) in [7, 11) is 0. The van der Waals surface area contributed by atoms with Crippen LogP contribution < -0.4 is 16.4 Å². The van der Waals surface area contributed by atoms with Gasteiger partial charge in [0.2, 0.25) is 5.91 Å². The fourth-order valence-electron chi connectivity index (χ4n) is 1.75. The monoisotopic (exact) mass is 301 g/mol. The summed E-state index contributed by atoms with van der Waals surface area (Å²) in [5.74, 6) is 0.471. The van der Waals surface area contributed by atoms with Crippen LogP contribution in [0.25, 0.3) is 0 Å². The number of nitrogens with two attached hydrogens (primary N) is 1. The molecule has 0 aliphatic carbocycles. The molecule has 0 rings (SSSR count). The Balaban J connectivity index is 3.97. The maximum Gasteiger partial charge on any atom is 0.407 e.